The molecule has 2 N–H and O–H groups in total. The van der Waals surface area contributed by atoms with E-state index >= 15 is 0 Å². The lowest BCUT2D eigenvalue weighted by Gasteiger charge is -2.10. The van der Waals surface area contributed by atoms with Gasteiger partial charge in [0.05, 0.1) is 7.11 Å². The summed E-state index contributed by atoms with van der Waals surface area (Å²) in [4.78, 5) is 4.28. The number of hydrogen-bond donors (Lipinski definition) is 2. The Balaban J connectivity index is 2.02. The first-order valence-electron chi connectivity index (χ1n) is 6.39. The Hall–Kier alpha value is -2.14. The fraction of sp³-hybridized carbons (Fsp3) is 0.200. The molecule has 0 saturated heterocycles. The summed E-state index contributed by atoms with van der Waals surface area (Å²) in [6, 6.07) is 12.5. The van der Waals surface area contributed by atoms with E-state index in [2.05, 4.69) is 46.4 Å². The van der Waals surface area contributed by atoms with Gasteiger partial charge in [-0.25, -0.2) is 4.98 Å². The second-order valence-electron chi connectivity index (χ2n) is 4.75. The number of aromatic nitrogens is 3. The number of ether oxygens (including phenoxy) is 1. The average molecular weight is 285 g/mol. The maximum absolute atomic E-state index is 5.24. The number of benzene rings is 2. The second-order valence-corrected chi connectivity index (χ2v) is 5.13. The largest absolute Gasteiger partial charge is 0.497 e. The lowest BCUT2D eigenvalue weighted by atomic mass is 9.97. The van der Waals surface area contributed by atoms with E-state index in [0.29, 0.717) is 4.77 Å². The van der Waals surface area contributed by atoms with E-state index in [1.54, 1.807) is 7.11 Å². The maximum atomic E-state index is 5.24. The Morgan fingerprint density at radius 3 is 2.55 bits per heavy atom. The molecule has 102 valence electrons. The number of methoxy groups -OCH3 is 1. The lowest BCUT2D eigenvalue weighted by molar-refractivity contribution is 0.415. The molecule has 1 atom stereocenters. The summed E-state index contributed by atoms with van der Waals surface area (Å²) >= 11 is 4.99. The van der Waals surface area contributed by atoms with Crippen molar-refractivity contribution in [1.29, 1.82) is 0 Å². The van der Waals surface area contributed by atoms with Crippen molar-refractivity contribution in [2.75, 3.05) is 7.11 Å². The molecule has 0 radical (unpaired) electrons. The van der Waals surface area contributed by atoms with E-state index in [0.717, 1.165) is 17.0 Å². The van der Waals surface area contributed by atoms with Crippen LogP contribution in [0.5, 0.6) is 5.75 Å². The van der Waals surface area contributed by atoms with Crippen molar-refractivity contribution in [3.63, 3.8) is 0 Å². The molecule has 5 heteroatoms. The number of hydrogen-bond acceptors (Lipinski definition) is 3. The van der Waals surface area contributed by atoms with Crippen LogP contribution >= 0.6 is 12.2 Å². The standard InChI is InChI=1S/C15H15N3OS/c1-9(14-16-15(20)18-17-14)10-3-4-12-8-13(19-2)6-5-11(12)7-10/h3-9H,1-2H3,(H2,16,17,18,20). The lowest BCUT2D eigenvalue weighted by Crippen LogP contribution is -1.98. The number of nitrogens with one attached hydrogen (secondary N) is 2. The molecule has 20 heavy (non-hydrogen) atoms. The van der Waals surface area contributed by atoms with Crippen LogP contribution in [-0.4, -0.2) is 22.3 Å². The first-order valence-corrected chi connectivity index (χ1v) is 6.80. The maximum Gasteiger partial charge on any atom is 0.213 e. The van der Waals surface area contributed by atoms with Crippen LogP contribution in [0.4, 0.5) is 0 Å². The van der Waals surface area contributed by atoms with Gasteiger partial charge in [-0.1, -0.05) is 31.2 Å². The Kier molecular flexibility index (Phi) is 3.28. The molecule has 0 amide bonds. The van der Waals surface area contributed by atoms with Crippen LogP contribution in [0.3, 0.4) is 0 Å². The monoisotopic (exact) mass is 285 g/mol. The van der Waals surface area contributed by atoms with Crippen LogP contribution in [-0.2, 0) is 0 Å². The predicted octanol–water partition coefficient (Wildman–Crippen LogP) is 3.78. The quantitative estimate of drug-likeness (QED) is 0.720. The molecule has 3 aromatic rings. The van der Waals surface area contributed by atoms with Gasteiger partial charge in [-0.3, -0.25) is 10.2 Å². The van der Waals surface area contributed by atoms with Crippen LogP contribution in [0.2, 0.25) is 0 Å². The minimum atomic E-state index is 0.162. The number of fused-ring (bicyclic) bond motifs is 1. The summed E-state index contributed by atoms with van der Waals surface area (Å²) < 4.78 is 5.73. The van der Waals surface area contributed by atoms with Crippen molar-refractivity contribution in [3.8, 4) is 5.75 Å². The molecule has 0 aliphatic rings. The predicted molar refractivity (Wildman–Crippen MR) is 81.8 cm³/mol. The molecular formula is C15H15N3OS. The van der Waals surface area contributed by atoms with Gasteiger partial charge in [-0.15, -0.1) is 0 Å². The fourth-order valence-electron chi connectivity index (χ4n) is 2.28. The highest BCUT2D eigenvalue weighted by molar-refractivity contribution is 7.71. The van der Waals surface area contributed by atoms with E-state index < -0.39 is 0 Å². The van der Waals surface area contributed by atoms with Gasteiger partial charge in [-0.05, 0) is 40.7 Å². The third-order valence-corrected chi connectivity index (χ3v) is 3.69. The Bertz CT molecular complexity index is 806. The van der Waals surface area contributed by atoms with Gasteiger partial charge in [0.1, 0.15) is 11.6 Å². The molecule has 1 aromatic heterocycles. The molecule has 0 aliphatic carbocycles. The van der Waals surface area contributed by atoms with Crippen molar-refractivity contribution < 1.29 is 4.74 Å². The molecule has 0 fully saturated rings. The van der Waals surface area contributed by atoms with E-state index in [-0.39, 0.29) is 5.92 Å². The smallest absolute Gasteiger partial charge is 0.213 e. The first-order chi connectivity index (χ1) is 9.67. The molecule has 3 rings (SSSR count). The second kappa shape index (κ2) is 5.09. The highest BCUT2D eigenvalue weighted by Gasteiger charge is 2.12. The number of nitrogens with zero attached hydrogens (tertiary/aromatic N) is 1. The van der Waals surface area contributed by atoms with Gasteiger partial charge >= 0.3 is 0 Å². The summed E-state index contributed by atoms with van der Waals surface area (Å²) in [6.07, 6.45) is 0. The zero-order chi connectivity index (χ0) is 14.1. The van der Waals surface area contributed by atoms with Crippen LogP contribution in [0.25, 0.3) is 10.8 Å². The SMILES string of the molecule is COc1ccc2cc(C(C)c3nc(=S)[nH][nH]3)ccc2c1. The highest BCUT2D eigenvalue weighted by Crippen LogP contribution is 2.27. The number of rotatable bonds is 3. The van der Waals surface area contributed by atoms with E-state index in [4.69, 9.17) is 17.0 Å². The topological polar surface area (TPSA) is 53.7 Å². The van der Waals surface area contributed by atoms with Gasteiger partial charge < -0.3 is 4.74 Å². The molecule has 0 aliphatic heterocycles. The molecule has 0 spiro atoms. The van der Waals surface area contributed by atoms with Crippen LogP contribution in [0, 0.1) is 4.77 Å². The average Bonchev–Trinajstić information content (AvgIpc) is 2.92. The third kappa shape index (κ3) is 2.32. The van der Waals surface area contributed by atoms with E-state index in [1.807, 2.05) is 12.1 Å². The number of H-pyrrole nitrogens is 2. The van der Waals surface area contributed by atoms with Gasteiger partial charge in [0.25, 0.3) is 0 Å². The minimum absolute atomic E-state index is 0.162. The van der Waals surface area contributed by atoms with Crippen molar-refractivity contribution in [2.24, 2.45) is 0 Å². The summed E-state index contributed by atoms with van der Waals surface area (Å²) in [5.41, 5.74) is 1.19. The molecule has 1 heterocycles. The van der Waals surface area contributed by atoms with Crippen LogP contribution < -0.4 is 4.74 Å². The molecule has 2 aromatic carbocycles. The summed E-state index contributed by atoms with van der Waals surface area (Å²) in [5.74, 6) is 1.88. The zero-order valence-electron chi connectivity index (χ0n) is 11.3. The van der Waals surface area contributed by atoms with E-state index in [1.165, 1.54) is 10.9 Å². The van der Waals surface area contributed by atoms with Crippen molar-refractivity contribution in [3.05, 3.63) is 52.6 Å². The molecule has 0 saturated carbocycles. The van der Waals surface area contributed by atoms with Crippen LogP contribution in [0.15, 0.2) is 36.4 Å². The van der Waals surface area contributed by atoms with Gasteiger partial charge in [0.2, 0.25) is 4.77 Å². The summed E-state index contributed by atoms with van der Waals surface area (Å²) in [6.45, 7) is 2.10. The zero-order valence-corrected chi connectivity index (χ0v) is 12.1. The highest BCUT2D eigenvalue weighted by atomic mass is 32.1. The molecule has 1 unspecified atom stereocenters. The number of aromatic amines is 2. The molecular weight excluding hydrogens is 270 g/mol. The normalized spacial score (nSPS) is 12.5. The summed E-state index contributed by atoms with van der Waals surface area (Å²) in [5, 5.41) is 8.19. The summed E-state index contributed by atoms with van der Waals surface area (Å²) in [7, 11) is 1.68. The van der Waals surface area contributed by atoms with Crippen molar-refractivity contribution in [2.45, 2.75) is 12.8 Å². The molecule has 0 bridgehead atoms. The van der Waals surface area contributed by atoms with E-state index in [9.17, 15) is 0 Å². The van der Waals surface area contributed by atoms with Crippen molar-refractivity contribution in [1.82, 2.24) is 15.2 Å². The molecule has 4 nitrogen and oxygen atoms in total. The van der Waals surface area contributed by atoms with Crippen LogP contribution in [0.1, 0.15) is 24.2 Å². The van der Waals surface area contributed by atoms with Gasteiger partial charge in [0, 0.05) is 5.92 Å². The third-order valence-electron chi connectivity index (χ3n) is 3.50. The minimum Gasteiger partial charge on any atom is -0.497 e. The first kappa shape index (κ1) is 12.9. The van der Waals surface area contributed by atoms with Gasteiger partial charge in [0.15, 0.2) is 0 Å². The Labute approximate surface area is 121 Å². The van der Waals surface area contributed by atoms with Gasteiger partial charge in [-0.2, -0.15) is 0 Å². The Morgan fingerprint density at radius 1 is 1.10 bits per heavy atom. The van der Waals surface area contributed by atoms with Crippen molar-refractivity contribution >= 4 is 23.0 Å². The Morgan fingerprint density at radius 2 is 1.85 bits per heavy atom. The fourth-order valence-corrected chi connectivity index (χ4v) is 2.43.